The summed E-state index contributed by atoms with van der Waals surface area (Å²) in [6.45, 7) is 2.92. The Morgan fingerprint density at radius 1 is 1.50 bits per heavy atom. The predicted molar refractivity (Wildman–Crippen MR) is 40.9 cm³/mol. The molecule has 0 bridgehead atoms. The summed E-state index contributed by atoms with van der Waals surface area (Å²) < 4.78 is 4.81. The van der Waals surface area contributed by atoms with Crippen LogP contribution in [0.2, 0.25) is 0 Å². The van der Waals surface area contributed by atoms with Crippen molar-refractivity contribution in [1.82, 2.24) is 0 Å². The highest BCUT2D eigenvalue weighted by Gasteiger charge is 2.53. The number of hydrogen-bond acceptors (Lipinski definition) is 5. The number of nitrogens with two attached hydrogens (primary N) is 1. The Hall–Kier alpha value is -0.200. The van der Waals surface area contributed by atoms with Gasteiger partial charge in [0.25, 0.3) is 0 Å². The van der Waals surface area contributed by atoms with Gasteiger partial charge in [0.05, 0.1) is 5.54 Å². The quantitative estimate of drug-likeness (QED) is 0.338. The van der Waals surface area contributed by atoms with Crippen molar-refractivity contribution >= 4 is 0 Å². The molecular weight excluding hydrogens is 162 g/mol. The Morgan fingerprint density at radius 2 is 2.00 bits per heavy atom. The summed E-state index contributed by atoms with van der Waals surface area (Å²) in [5.41, 5.74) is 4.35. The molecule has 0 unspecified atom stereocenters. The van der Waals surface area contributed by atoms with E-state index in [2.05, 4.69) is 0 Å². The first kappa shape index (κ1) is 9.88. The molecule has 0 aliphatic carbocycles. The van der Waals surface area contributed by atoms with E-state index in [0.717, 1.165) is 0 Å². The molecule has 1 saturated heterocycles. The lowest BCUT2D eigenvalue weighted by molar-refractivity contribution is -0.333. The Bertz CT molecular complexity index is 180. The summed E-state index contributed by atoms with van der Waals surface area (Å²) in [5, 5.41) is 28.1. The van der Waals surface area contributed by atoms with Gasteiger partial charge >= 0.3 is 0 Å². The van der Waals surface area contributed by atoms with Crippen LogP contribution in [0.15, 0.2) is 0 Å². The Kier molecular flexibility index (Phi) is 2.18. The van der Waals surface area contributed by atoms with Crippen molar-refractivity contribution in [3.05, 3.63) is 0 Å². The van der Waals surface area contributed by atoms with E-state index in [1.807, 2.05) is 0 Å². The van der Waals surface area contributed by atoms with Crippen LogP contribution in [0.1, 0.15) is 20.3 Å². The first-order valence-electron chi connectivity index (χ1n) is 3.84. The maximum atomic E-state index is 9.48. The van der Waals surface area contributed by atoms with Crippen LogP contribution in [-0.2, 0) is 4.74 Å². The minimum atomic E-state index is -2.09. The molecule has 1 aliphatic rings. The highest BCUT2D eigenvalue weighted by Crippen LogP contribution is 2.32. The molecule has 1 aliphatic heterocycles. The summed E-state index contributed by atoms with van der Waals surface area (Å²) in [4.78, 5) is 0. The molecule has 0 aromatic carbocycles. The second kappa shape index (κ2) is 2.65. The van der Waals surface area contributed by atoms with E-state index in [1.165, 1.54) is 13.8 Å². The van der Waals surface area contributed by atoms with Gasteiger partial charge in [-0.2, -0.15) is 0 Å². The number of ether oxygens (including phenoxy) is 1. The number of rotatable bonds is 0. The maximum Gasteiger partial charge on any atom is 0.208 e. The molecule has 1 fully saturated rings. The molecule has 12 heavy (non-hydrogen) atoms. The van der Waals surface area contributed by atoms with Gasteiger partial charge in [-0.25, -0.2) is 0 Å². The van der Waals surface area contributed by atoms with Gasteiger partial charge in [0.15, 0.2) is 6.29 Å². The second-order valence-electron chi connectivity index (χ2n) is 3.58. The van der Waals surface area contributed by atoms with Crippen molar-refractivity contribution in [3.8, 4) is 0 Å². The second-order valence-corrected chi connectivity index (χ2v) is 3.58. The van der Waals surface area contributed by atoms with Gasteiger partial charge in [0, 0.05) is 6.42 Å². The lowest BCUT2D eigenvalue weighted by Crippen LogP contribution is -2.69. The smallest absolute Gasteiger partial charge is 0.208 e. The van der Waals surface area contributed by atoms with E-state index in [4.69, 9.17) is 15.6 Å². The van der Waals surface area contributed by atoms with E-state index in [0.29, 0.717) is 0 Å². The SMILES string of the molecule is C[C@@H]1O[C@@H](O)C[C@](C)(N)C1(O)O. The van der Waals surface area contributed by atoms with Gasteiger partial charge in [-0.15, -0.1) is 0 Å². The Morgan fingerprint density at radius 3 is 2.42 bits per heavy atom. The summed E-state index contributed by atoms with van der Waals surface area (Å²) in [7, 11) is 0. The van der Waals surface area contributed by atoms with E-state index in [-0.39, 0.29) is 6.42 Å². The van der Waals surface area contributed by atoms with Gasteiger partial charge in [0.2, 0.25) is 5.79 Å². The average molecular weight is 177 g/mol. The van der Waals surface area contributed by atoms with Crippen LogP contribution in [0.5, 0.6) is 0 Å². The third-order valence-electron chi connectivity index (χ3n) is 2.37. The molecule has 1 rings (SSSR count). The average Bonchev–Trinajstić information content (AvgIpc) is 1.82. The fraction of sp³-hybridized carbons (Fsp3) is 1.00. The molecule has 0 amide bonds. The monoisotopic (exact) mass is 177 g/mol. The number of hydrogen-bond donors (Lipinski definition) is 4. The Labute approximate surface area is 70.8 Å². The fourth-order valence-electron chi connectivity index (χ4n) is 1.36. The summed E-state index contributed by atoms with van der Waals surface area (Å²) in [6, 6.07) is 0. The topological polar surface area (TPSA) is 95.9 Å². The molecule has 0 aromatic rings. The van der Waals surface area contributed by atoms with Gasteiger partial charge in [-0.1, -0.05) is 0 Å². The summed E-state index contributed by atoms with van der Waals surface area (Å²) in [6.07, 6.45) is -1.91. The molecule has 0 saturated carbocycles. The van der Waals surface area contributed by atoms with E-state index in [1.54, 1.807) is 0 Å². The molecule has 3 atom stereocenters. The van der Waals surface area contributed by atoms with Crippen LogP contribution in [0.3, 0.4) is 0 Å². The molecule has 5 nitrogen and oxygen atoms in total. The normalized spacial score (nSPS) is 47.5. The van der Waals surface area contributed by atoms with Crippen molar-refractivity contribution in [2.45, 2.75) is 44.0 Å². The third kappa shape index (κ3) is 1.34. The zero-order valence-electron chi connectivity index (χ0n) is 7.19. The largest absolute Gasteiger partial charge is 0.368 e. The van der Waals surface area contributed by atoms with E-state index < -0.39 is 23.7 Å². The lowest BCUT2D eigenvalue weighted by Gasteiger charge is -2.47. The van der Waals surface area contributed by atoms with Crippen molar-refractivity contribution in [3.63, 3.8) is 0 Å². The first-order valence-corrected chi connectivity index (χ1v) is 3.84. The highest BCUT2D eigenvalue weighted by atomic mass is 16.6. The van der Waals surface area contributed by atoms with Crippen LogP contribution in [-0.4, -0.2) is 39.0 Å². The predicted octanol–water partition coefficient (Wildman–Crippen LogP) is -1.49. The first-order chi connectivity index (χ1) is 5.27. The van der Waals surface area contributed by atoms with Crippen LogP contribution in [0, 0.1) is 0 Å². The Balaban J connectivity index is 2.86. The van der Waals surface area contributed by atoms with Gasteiger partial charge in [-0.3, -0.25) is 0 Å². The fourth-order valence-corrected chi connectivity index (χ4v) is 1.36. The van der Waals surface area contributed by atoms with Crippen molar-refractivity contribution in [1.29, 1.82) is 0 Å². The van der Waals surface area contributed by atoms with E-state index >= 15 is 0 Å². The number of aliphatic hydroxyl groups excluding tert-OH is 1. The minimum absolute atomic E-state index is 0.00431. The zero-order valence-corrected chi connectivity index (χ0v) is 7.19. The van der Waals surface area contributed by atoms with Gasteiger partial charge < -0.3 is 25.8 Å². The van der Waals surface area contributed by atoms with Crippen LogP contribution in [0.4, 0.5) is 0 Å². The summed E-state index contributed by atoms with van der Waals surface area (Å²) >= 11 is 0. The van der Waals surface area contributed by atoms with Crippen LogP contribution >= 0.6 is 0 Å². The van der Waals surface area contributed by atoms with Gasteiger partial charge in [-0.05, 0) is 13.8 Å². The van der Waals surface area contributed by atoms with Gasteiger partial charge in [0.1, 0.15) is 6.10 Å². The minimum Gasteiger partial charge on any atom is -0.368 e. The molecule has 1 heterocycles. The molecule has 0 aromatic heterocycles. The molecule has 72 valence electrons. The molecule has 0 radical (unpaired) electrons. The third-order valence-corrected chi connectivity index (χ3v) is 2.37. The lowest BCUT2D eigenvalue weighted by atomic mass is 9.83. The zero-order chi connectivity index (χ0) is 9.57. The molecule has 5 N–H and O–H groups in total. The number of aliphatic hydroxyl groups is 3. The van der Waals surface area contributed by atoms with Crippen molar-refractivity contribution in [2.24, 2.45) is 5.73 Å². The standard InChI is InChI=1S/C7H15NO4/c1-4-7(10,11)6(2,8)3-5(9)12-4/h4-5,9-11H,3,8H2,1-2H3/t4-,5+,6-/m0/s1. The molecular formula is C7H15NO4. The molecule has 5 heteroatoms. The van der Waals surface area contributed by atoms with E-state index in [9.17, 15) is 10.2 Å². The van der Waals surface area contributed by atoms with Crippen LogP contribution in [0.25, 0.3) is 0 Å². The summed E-state index contributed by atoms with van der Waals surface area (Å²) in [5.74, 6) is -2.09. The maximum absolute atomic E-state index is 9.48. The van der Waals surface area contributed by atoms with Crippen LogP contribution < -0.4 is 5.73 Å². The molecule has 0 spiro atoms. The van der Waals surface area contributed by atoms with Crippen molar-refractivity contribution in [2.75, 3.05) is 0 Å². The van der Waals surface area contributed by atoms with Crippen molar-refractivity contribution < 1.29 is 20.1 Å². The highest BCUT2D eigenvalue weighted by molar-refractivity contribution is 5.00.